The first kappa shape index (κ1) is 10.7. The Morgan fingerprint density at radius 2 is 2.00 bits per heavy atom. The monoisotopic (exact) mass is 248 g/mol. The van der Waals surface area contributed by atoms with Crippen LogP contribution in [0.5, 0.6) is 0 Å². The Hall–Kier alpha value is -0.425. The van der Waals surface area contributed by atoms with E-state index >= 15 is 0 Å². The third-order valence-electron chi connectivity index (χ3n) is 1.56. The van der Waals surface area contributed by atoms with Crippen molar-refractivity contribution >= 4 is 23.0 Å². The maximum atomic E-state index is 12.6. The summed E-state index contributed by atoms with van der Waals surface area (Å²) < 4.78 is 12.9. The molecule has 1 atom stereocenters. The molecule has 0 amide bonds. The van der Waals surface area contributed by atoms with Crippen molar-refractivity contribution in [3.8, 4) is 0 Å². The van der Waals surface area contributed by atoms with E-state index in [-0.39, 0.29) is 5.56 Å². The molecule has 0 bridgehead atoms. The molecule has 0 fully saturated rings. The molecular weight excluding hydrogens is 242 g/mol. The number of aliphatic hydroxyl groups is 1. The fourth-order valence-electron chi connectivity index (χ4n) is 0.902. The largest absolute Gasteiger partial charge is 0.487 e. The van der Waals surface area contributed by atoms with Gasteiger partial charge in [-0.2, -0.15) is 0 Å². The van der Waals surface area contributed by atoms with Crippen molar-refractivity contribution in [2.45, 2.75) is 6.00 Å². The van der Waals surface area contributed by atoms with Gasteiger partial charge in [-0.15, -0.1) is 0 Å². The Morgan fingerprint density at radius 1 is 1.38 bits per heavy atom. The molecule has 0 aromatic heterocycles. The van der Waals surface area contributed by atoms with Crippen molar-refractivity contribution in [3.63, 3.8) is 0 Å². The summed E-state index contributed by atoms with van der Waals surface area (Å²) in [5.41, 5.74) is 0.233. The van der Waals surface area contributed by atoms with Gasteiger partial charge in [0.25, 0.3) is 0 Å². The van der Waals surface area contributed by atoms with Gasteiger partial charge in [0.15, 0.2) is 0 Å². The van der Waals surface area contributed by atoms with Crippen LogP contribution in [0.1, 0.15) is 11.6 Å². The summed E-state index contributed by atoms with van der Waals surface area (Å²) in [6.45, 7) is 0. The lowest BCUT2D eigenvalue weighted by Crippen LogP contribution is -2.23. The van der Waals surface area contributed by atoms with Crippen molar-refractivity contribution in [3.05, 3.63) is 34.1 Å². The van der Waals surface area contributed by atoms with Crippen LogP contribution in [0.15, 0.2) is 22.7 Å². The molecule has 6 heteroatoms. The van der Waals surface area contributed by atoms with Crippen LogP contribution in [-0.2, 0) is 0 Å². The quantitative estimate of drug-likeness (QED) is 0.673. The first-order valence-electron chi connectivity index (χ1n) is 3.51. The topological polar surface area (TPSA) is 60.7 Å². The second-order valence-electron chi connectivity index (χ2n) is 2.52. The van der Waals surface area contributed by atoms with Crippen LogP contribution in [0.4, 0.5) is 4.39 Å². The molecule has 70 valence electrons. The van der Waals surface area contributed by atoms with Gasteiger partial charge >= 0.3 is 7.12 Å². The van der Waals surface area contributed by atoms with Crippen molar-refractivity contribution in [1.82, 2.24) is 0 Å². The lowest BCUT2D eigenvalue weighted by atomic mass is 9.78. The van der Waals surface area contributed by atoms with Gasteiger partial charge in [0.05, 0.1) is 0 Å². The van der Waals surface area contributed by atoms with Gasteiger partial charge < -0.3 is 15.2 Å². The van der Waals surface area contributed by atoms with Gasteiger partial charge in [0, 0.05) is 4.47 Å². The smallest absolute Gasteiger partial charge is 0.425 e. The highest BCUT2D eigenvalue weighted by atomic mass is 79.9. The van der Waals surface area contributed by atoms with E-state index in [0.717, 1.165) is 12.1 Å². The average molecular weight is 249 g/mol. The summed E-state index contributed by atoms with van der Waals surface area (Å²) in [5.74, 6) is -0.463. The first-order valence-corrected chi connectivity index (χ1v) is 4.31. The number of hydrogen-bond acceptors (Lipinski definition) is 3. The Labute approximate surface area is 83.1 Å². The van der Waals surface area contributed by atoms with Gasteiger partial charge in [-0.05, 0) is 17.7 Å². The van der Waals surface area contributed by atoms with Crippen LogP contribution in [0, 0.1) is 5.82 Å². The molecule has 3 N–H and O–H groups in total. The summed E-state index contributed by atoms with van der Waals surface area (Å²) >= 11 is 2.99. The molecule has 0 aliphatic carbocycles. The Kier molecular flexibility index (Phi) is 3.43. The number of aliphatic hydroxyl groups excluding tert-OH is 1. The van der Waals surface area contributed by atoms with Crippen molar-refractivity contribution in [2.24, 2.45) is 0 Å². The zero-order valence-corrected chi connectivity index (χ0v) is 8.07. The lowest BCUT2D eigenvalue weighted by molar-refractivity contribution is 0.200. The third-order valence-corrected chi connectivity index (χ3v) is 2.25. The second kappa shape index (κ2) is 4.19. The van der Waals surface area contributed by atoms with Crippen LogP contribution in [0.2, 0.25) is 0 Å². The Bertz CT molecular complexity index is 308. The van der Waals surface area contributed by atoms with Crippen LogP contribution in [0.3, 0.4) is 0 Å². The highest BCUT2D eigenvalue weighted by molar-refractivity contribution is 9.10. The highest BCUT2D eigenvalue weighted by Crippen LogP contribution is 2.24. The second-order valence-corrected chi connectivity index (χ2v) is 3.38. The molecule has 0 aliphatic heterocycles. The molecule has 0 spiro atoms. The summed E-state index contributed by atoms with van der Waals surface area (Å²) in [6, 6.07) is 2.12. The predicted octanol–water partition coefficient (Wildman–Crippen LogP) is 0.634. The average Bonchev–Trinajstić information content (AvgIpc) is 2.03. The standard InChI is InChI=1S/C7H7BBrFO3/c9-6-3-4(10)1-2-5(6)7(11)8(12)13/h1-3,7,11-13H/t7-/m0/s1. The summed E-state index contributed by atoms with van der Waals surface area (Å²) in [5, 5.41) is 26.5. The maximum Gasteiger partial charge on any atom is 0.487 e. The van der Waals surface area contributed by atoms with Crippen LogP contribution < -0.4 is 0 Å². The number of rotatable bonds is 2. The molecule has 1 aromatic rings. The van der Waals surface area contributed by atoms with Crippen LogP contribution >= 0.6 is 15.9 Å². The summed E-state index contributed by atoms with van der Waals surface area (Å²) in [4.78, 5) is 0. The molecule has 1 rings (SSSR count). The molecule has 3 nitrogen and oxygen atoms in total. The minimum absolute atomic E-state index is 0.233. The number of benzene rings is 1. The Balaban J connectivity index is 3.01. The number of halogens is 2. The normalized spacial score (nSPS) is 12.7. The van der Waals surface area contributed by atoms with E-state index in [1.807, 2.05) is 0 Å². The van der Waals surface area contributed by atoms with Crippen molar-refractivity contribution in [1.29, 1.82) is 0 Å². The van der Waals surface area contributed by atoms with Gasteiger partial charge in [0.2, 0.25) is 0 Å². The van der Waals surface area contributed by atoms with E-state index < -0.39 is 18.9 Å². The molecular formula is C7H7BBrFO3. The van der Waals surface area contributed by atoms with E-state index in [1.54, 1.807) is 0 Å². The lowest BCUT2D eigenvalue weighted by Gasteiger charge is -2.10. The minimum Gasteiger partial charge on any atom is -0.425 e. The van der Waals surface area contributed by atoms with E-state index in [0.29, 0.717) is 4.47 Å². The van der Waals surface area contributed by atoms with Gasteiger partial charge in [-0.3, -0.25) is 0 Å². The molecule has 0 heterocycles. The molecule has 0 radical (unpaired) electrons. The summed E-state index contributed by atoms with van der Waals surface area (Å²) in [7, 11) is -1.87. The highest BCUT2D eigenvalue weighted by Gasteiger charge is 2.24. The molecule has 0 unspecified atom stereocenters. The maximum absolute atomic E-state index is 12.6. The molecule has 13 heavy (non-hydrogen) atoms. The number of hydrogen-bond donors (Lipinski definition) is 3. The van der Waals surface area contributed by atoms with Gasteiger partial charge in [-0.1, -0.05) is 22.0 Å². The van der Waals surface area contributed by atoms with E-state index in [4.69, 9.17) is 10.0 Å². The van der Waals surface area contributed by atoms with Crippen molar-refractivity contribution in [2.75, 3.05) is 0 Å². The van der Waals surface area contributed by atoms with E-state index in [2.05, 4.69) is 15.9 Å². The zero-order chi connectivity index (χ0) is 10.0. The minimum atomic E-state index is -1.87. The van der Waals surface area contributed by atoms with Crippen molar-refractivity contribution < 1.29 is 19.5 Å². The molecule has 1 aromatic carbocycles. The molecule has 0 aliphatic rings. The fraction of sp³-hybridized carbons (Fsp3) is 0.143. The van der Waals surface area contributed by atoms with Crippen LogP contribution in [0.25, 0.3) is 0 Å². The third kappa shape index (κ3) is 2.51. The Morgan fingerprint density at radius 3 is 2.46 bits per heavy atom. The van der Waals surface area contributed by atoms with E-state index in [1.165, 1.54) is 6.07 Å². The van der Waals surface area contributed by atoms with E-state index in [9.17, 15) is 9.50 Å². The molecule has 0 saturated heterocycles. The fourth-order valence-corrected chi connectivity index (χ4v) is 1.49. The first-order chi connectivity index (χ1) is 6.02. The summed E-state index contributed by atoms with van der Waals surface area (Å²) in [6.07, 6.45) is 0. The van der Waals surface area contributed by atoms with Gasteiger partial charge in [-0.25, -0.2) is 4.39 Å². The SMILES string of the molecule is OB(O)[C@@H](O)c1ccc(F)cc1Br. The zero-order valence-electron chi connectivity index (χ0n) is 6.48. The van der Waals surface area contributed by atoms with Gasteiger partial charge in [0.1, 0.15) is 11.8 Å². The van der Waals surface area contributed by atoms with Crippen LogP contribution in [-0.4, -0.2) is 22.3 Å². The predicted molar refractivity (Wildman–Crippen MR) is 49.3 cm³/mol. The molecule has 0 saturated carbocycles.